The molecule has 3 aliphatic rings. The number of Topliss-reactive ketones (excluding diaryl/α,β-unsaturated/α-hetero) is 1. The van der Waals surface area contributed by atoms with Crippen molar-refractivity contribution in [2.45, 2.75) is 86.7 Å². The van der Waals surface area contributed by atoms with Gasteiger partial charge in [-0.3, -0.25) is 9.59 Å². The molecule has 0 saturated heterocycles. The fraction of sp³-hybridized carbons (Fsp3) is 0.613. The number of ketones is 1. The molecule has 3 aliphatic carbocycles. The Morgan fingerprint density at radius 1 is 0.971 bits per heavy atom. The van der Waals surface area contributed by atoms with Gasteiger partial charge in [-0.1, -0.05) is 61.4 Å². The summed E-state index contributed by atoms with van der Waals surface area (Å²) in [5.41, 5.74) is 3.03. The van der Waals surface area contributed by atoms with Gasteiger partial charge in [0.05, 0.1) is 18.6 Å². The number of aliphatic hydroxyl groups excluding tert-OH is 1. The molecule has 0 aliphatic heterocycles. The number of carbonyl (C=O) groups excluding carboxylic acids is 2. The first-order valence-electron chi connectivity index (χ1n) is 13.0. The van der Waals surface area contributed by atoms with Crippen LogP contribution in [0.3, 0.4) is 0 Å². The van der Waals surface area contributed by atoms with E-state index in [1.807, 2.05) is 13.0 Å². The van der Waals surface area contributed by atoms with E-state index in [0.717, 1.165) is 36.0 Å². The molecule has 192 valence electrons. The summed E-state index contributed by atoms with van der Waals surface area (Å²) in [5.74, 6) is 0.0481. The fourth-order valence-corrected chi connectivity index (χ4v) is 7.64. The van der Waals surface area contributed by atoms with Crippen molar-refractivity contribution in [3.05, 3.63) is 58.7 Å². The van der Waals surface area contributed by atoms with Gasteiger partial charge in [0.1, 0.15) is 0 Å². The monoisotopic (exact) mass is 480 g/mol. The van der Waals surface area contributed by atoms with E-state index in [4.69, 9.17) is 4.74 Å². The second kappa shape index (κ2) is 10.0. The first-order valence-corrected chi connectivity index (χ1v) is 13.0. The van der Waals surface area contributed by atoms with Gasteiger partial charge in [0.25, 0.3) is 0 Å². The zero-order chi connectivity index (χ0) is 26.2. The van der Waals surface area contributed by atoms with Gasteiger partial charge in [0.15, 0.2) is 5.78 Å². The summed E-state index contributed by atoms with van der Waals surface area (Å²) >= 11 is 0. The van der Waals surface area contributed by atoms with Gasteiger partial charge in [0, 0.05) is 17.4 Å². The lowest BCUT2D eigenvalue weighted by molar-refractivity contribution is -0.196. The molecule has 35 heavy (non-hydrogen) atoms. The van der Waals surface area contributed by atoms with Crippen LogP contribution in [0.1, 0.15) is 80.6 Å². The largest absolute Gasteiger partial charge is 0.469 e. The molecule has 0 amide bonds. The van der Waals surface area contributed by atoms with Gasteiger partial charge in [-0.05, 0) is 83.1 Å². The Bertz CT molecular complexity index is 1020. The number of carbonyl (C=O) groups is 2. The summed E-state index contributed by atoms with van der Waals surface area (Å²) in [6.45, 7) is 14.6. The highest BCUT2D eigenvalue weighted by atomic mass is 16.5. The van der Waals surface area contributed by atoms with Crippen LogP contribution in [0, 0.1) is 28.1 Å². The van der Waals surface area contributed by atoms with E-state index in [9.17, 15) is 14.7 Å². The molecule has 4 nitrogen and oxygen atoms in total. The molecule has 0 aromatic rings. The number of ether oxygens (including phenoxy) is 1. The van der Waals surface area contributed by atoms with Crippen LogP contribution in [-0.4, -0.2) is 30.1 Å². The van der Waals surface area contributed by atoms with Crippen molar-refractivity contribution >= 4 is 11.8 Å². The van der Waals surface area contributed by atoms with Crippen molar-refractivity contribution < 1.29 is 19.4 Å². The quantitative estimate of drug-likeness (QED) is 0.271. The lowest BCUT2D eigenvalue weighted by Crippen LogP contribution is -2.61. The van der Waals surface area contributed by atoms with Crippen molar-refractivity contribution in [1.29, 1.82) is 0 Å². The van der Waals surface area contributed by atoms with Crippen molar-refractivity contribution in [3.8, 4) is 0 Å². The Balaban J connectivity index is 1.94. The molecule has 0 aromatic carbocycles. The van der Waals surface area contributed by atoms with E-state index in [2.05, 4.69) is 71.9 Å². The van der Waals surface area contributed by atoms with E-state index < -0.39 is 11.5 Å². The molecular weight excluding hydrogens is 436 g/mol. The molecule has 0 spiro atoms. The van der Waals surface area contributed by atoms with E-state index in [0.29, 0.717) is 12.8 Å². The molecule has 3 rings (SSSR count). The molecule has 3 saturated carbocycles. The Kier molecular flexibility index (Phi) is 7.86. The number of hydrogen-bond acceptors (Lipinski definition) is 4. The van der Waals surface area contributed by atoms with Gasteiger partial charge in [-0.2, -0.15) is 0 Å². The molecular formula is C31H44O4. The standard InChI is InChI=1S/C31H44O4/c1-20(2)11-9-12-21(3)13-10-14-22(4)27-23(32)19-25-29(5)18-16-26(33)31(7,28(34)35-8)24(29)15-17-30(25,27)6/h9-14,24-26,33H,15-19H2,1-8H3/b12-9+,14-10+,21-13+,27-22+/t24-,25-,26+,29+,30-,31+/m0/s1. The summed E-state index contributed by atoms with van der Waals surface area (Å²) in [6, 6.07) is 0. The average Bonchev–Trinajstić information content (AvgIpc) is 3.07. The highest BCUT2D eigenvalue weighted by molar-refractivity contribution is 6.01. The van der Waals surface area contributed by atoms with E-state index in [1.54, 1.807) is 0 Å². The van der Waals surface area contributed by atoms with Crippen LogP contribution >= 0.6 is 0 Å². The van der Waals surface area contributed by atoms with Crippen molar-refractivity contribution in [1.82, 2.24) is 0 Å². The van der Waals surface area contributed by atoms with Gasteiger partial charge in [-0.15, -0.1) is 0 Å². The van der Waals surface area contributed by atoms with E-state index >= 15 is 0 Å². The van der Waals surface area contributed by atoms with Crippen LogP contribution in [0.4, 0.5) is 0 Å². The first-order chi connectivity index (χ1) is 16.3. The minimum absolute atomic E-state index is 0.00884. The van der Waals surface area contributed by atoms with Crippen molar-refractivity contribution in [2.24, 2.45) is 28.1 Å². The predicted molar refractivity (Wildman–Crippen MR) is 142 cm³/mol. The van der Waals surface area contributed by atoms with Gasteiger partial charge in [0.2, 0.25) is 0 Å². The number of aliphatic hydroxyl groups is 1. The van der Waals surface area contributed by atoms with Crippen LogP contribution in [-0.2, 0) is 14.3 Å². The van der Waals surface area contributed by atoms with Crippen LogP contribution < -0.4 is 0 Å². The summed E-state index contributed by atoms with van der Waals surface area (Å²) in [4.78, 5) is 26.4. The van der Waals surface area contributed by atoms with Crippen LogP contribution in [0.25, 0.3) is 0 Å². The Labute approximate surface area is 211 Å². The average molecular weight is 481 g/mol. The van der Waals surface area contributed by atoms with Crippen LogP contribution in [0.2, 0.25) is 0 Å². The maximum Gasteiger partial charge on any atom is 0.314 e. The van der Waals surface area contributed by atoms with E-state index in [1.165, 1.54) is 12.7 Å². The van der Waals surface area contributed by atoms with Crippen molar-refractivity contribution in [2.75, 3.05) is 7.11 Å². The molecule has 6 atom stereocenters. The fourth-order valence-electron chi connectivity index (χ4n) is 7.64. The van der Waals surface area contributed by atoms with Crippen LogP contribution in [0.15, 0.2) is 58.7 Å². The molecule has 0 aromatic heterocycles. The minimum atomic E-state index is -0.936. The second-order valence-corrected chi connectivity index (χ2v) is 12.0. The Morgan fingerprint density at radius 2 is 1.63 bits per heavy atom. The SMILES string of the molecule is COC(=O)[C@@]1(C)[C@H](O)CC[C@]2(C)[C@@H]1CC[C@]1(C)/C(=C(C)/C=C/C=C(C)/C=C/C=C(C)C)C(=O)C[C@@H]21. The molecule has 4 heteroatoms. The van der Waals surface area contributed by atoms with Gasteiger partial charge >= 0.3 is 5.97 Å². The molecule has 0 radical (unpaired) electrons. The number of fused-ring (bicyclic) bond motifs is 3. The molecule has 1 N–H and O–H groups in total. The lowest BCUT2D eigenvalue weighted by Gasteiger charge is -2.61. The van der Waals surface area contributed by atoms with Gasteiger partial charge < -0.3 is 9.84 Å². The third-order valence-corrected chi connectivity index (χ3v) is 9.44. The molecule has 0 bridgehead atoms. The second-order valence-electron chi connectivity index (χ2n) is 12.0. The summed E-state index contributed by atoms with van der Waals surface area (Å²) in [6.07, 6.45) is 15.2. The Morgan fingerprint density at radius 3 is 2.26 bits per heavy atom. The zero-order valence-corrected chi connectivity index (χ0v) is 22.9. The summed E-state index contributed by atoms with van der Waals surface area (Å²) in [5, 5.41) is 10.9. The smallest absolute Gasteiger partial charge is 0.314 e. The summed E-state index contributed by atoms with van der Waals surface area (Å²) < 4.78 is 5.18. The predicted octanol–water partition coefficient (Wildman–Crippen LogP) is 6.67. The first kappa shape index (κ1) is 27.4. The maximum atomic E-state index is 13.5. The molecule has 3 fully saturated rings. The van der Waals surface area contributed by atoms with Gasteiger partial charge in [-0.25, -0.2) is 0 Å². The highest BCUT2D eigenvalue weighted by Gasteiger charge is 2.67. The number of rotatable bonds is 5. The molecule has 0 heterocycles. The zero-order valence-electron chi connectivity index (χ0n) is 22.9. The van der Waals surface area contributed by atoms with Crippen molar-refractivity contribution in [3.63, 3.8) is 0 Å². The topological polar surface area (TPSA) is 63.6 Å². The van der Waals surface area contributed by atoms with Crippen LogP contribution in [0.5, 0.6) is 0 Å². The third kappa shape index (κ3) is 4.67. The number of hydrogen-bond donors (Lipinski definition) is 1. The minimum Gasteiger partial charge on any atom is -0.469 e. The number of methoxy groups -OCH3 is 1. The maximum absolute atomic E-state index is 13.5. The third-order valence-electron chi connectivity index (χ3n) is 9.44. The number of allylic oxidation sites excluding steroid dienone is 10. The highest BCUT2D eigenvalue weighted by Crippen LogP contribution is 2.69. The number of esters is 1. The van der Waals surface area contributed by atoms with E-state index in [-0.39, 0.29) is 34.4 Å². The lowest BCUT2D eigenvalue weighted by atomic mass is 9.42. The Hall–Kier alpha value is -2.20. The molecule has 0 unspecified atom stereocenters. The summed E-state index contributed by atoms with van der Waals surface area (Å²) in [7, 11) is 1.41. The normalized spacial score (nSPS) is 38.9.